The summed E-state index contributed by atoms with van der Waals surface area (Å²) in [7, 11) is -2.73. The number of anilines is 1. The Hall–Kier alpha value is -3.62. The fourth-order valence-corrected chi connectivity index (χ4v) is 4.33. The van der Waals surface area contributed by atoms with Gasteiger partial charge in [0.15, 0.2) is 0 Å². The third kappa shape index (κ3) is 4.23. The van der Waals surface area contributed by atoms with Gasteiger partial charge in [-0.3, -0.25) is 9.54 Å². The summed E-state index contributed by atoms with van der Waals surface area (Å²) in [4.78, 5) is 4.29. The van der Waals surface area contributed by atoms with Gasteiger partial charge in [-0.25, -0.2) is 0 Å². The van der Waals surface area contributed by atoms with Gasteiger partial charge in [0.1, 0.15) is 16.3 Å². The minimum absolute atomic E-state index is 0.218. The van der Waals surface area contributed by atoms with Crippen LogP contribution in [0.2, 0.25) is 0 Å². The van der Waals surface area contributed by atoms with E-state index in [1.54, 1.807) is 43.6 Å². The predicted molar refractivity (Wildman–Crippen MR) is 127 cm³/mol. The molecule has 0 unspecified atom stereocenters. The zero-order chi connectivity index (χ0) is 22.9. The highest BCUT2D eigenvalue weighted by molar-refractivity contribution is 7.86. The first kappa shape index (κ1) is 21.6. The van der Waals surface area contributed by atoms with Crippen LogP contribution in [-0.2, 0) is 10.1 Å². The summed E-state index contributed by atoms with van der Waals surface area (Å²) < 4.78 is 33.6. The van der Waals surface area contributed by atoms with E-state index < -0.39 is 10.1 Å². The largest absolute Gasteiger partial charge is 0.386 e. The van der Waals surface area contributed by atoms with E-state index in [0.29, 0.717) is 22.1 Å². The Kier molecular flexibility index (Phi) is 5.73. The Labute approximate surface area is 186 Å². The number of aromatic nitrogens is 1. The summed E-state index contributed by atoms with van der Waals surface area (Å²) in [5.74, 6) is 0. The monoisotopic (exact) mass is 446 g/mol. The van der Waals surface area contributed by atoms with Gasteiger partial charge in [-0.15, -0.1) is 10.2 Å². The van der Waals surface area contributed by atoms with Gasteiger partial charge >= 0.3 is 0 Å². The smallest absolute Gasteiger partial charge is 0.295 e. The van der Waals surface area contributed by atoms with E-state index in [4.69, 9.17) is 0 Å². The van der Waals surface area contributed by atoms with Crippen LogP contribution in [0.3, 0.4) is 0 Å². The number of hydrogen-bond donors (Lipinski definition) is 2. The molecule has 4 rings (SSSR count). The molecule has 1 heterocycles. The van der Waals surface area contributed by atoms with E-state index in [1.165, 1.54) is 6.07 Å². The zero-order valence-corrected chi connectivity index (χ0v) is 18.7. The average Bonchev–Trinajstić information content (AvgIpc) is 2.78. The normalized spacial score (nSPS) is 11.9. The highest BCUT2D eigenvalue weighted by Crippen LogP contribution is 2.38. The molecule has 162 valence electrons. The highest BCUT2D eigenvalue weighted by Gasteiger charge is 2.19. The molecule has 0 aliphatic heterocycles. The van der Waals surface area contributed by atoms with Gasteiger partial charge in [0.25, 0.3) is 10.1 Å². The van der Waals surface area contributed by atoms with Crippen LogP contribution in [0.15, 0.2) is 82.0 Å². The number of fused-ring (bicyclic) bond motifs is 1. The summed E-state index contributed by atoms with van der Waals surface area (Å²) in [6.45, 7) is 4.07. The topological polar surface area (TPSA) is 104 Å². The summed E-state index contributed by atoms with van der Waals surface area (Å²) >= 11 is 0. The number of nitrogens with zero attached hydrogens (tertiary/aromatic N) is 3. The molecule has 32 heavy (non-hydrogen) atoms. The van der Waals surface area contributed by atoms with Crippen molar-refractivity contribution in [3.63, 3.8) is 0 Å². The molecule has 0 bridgehead atoms. The van der Waals surface area contributed by atoms with Crippen molar-refractivity contribution in [2.45, 2.75) is 18.7 Å². The van der Waals surface area contributed by atoms with E-state index in [9.17, 15) is 13.0 Å². The number of nitrogens with one attached hydrogen (secondary N) is 1. The predicted octanol–water partition coefficient (Wildman–Crippen LogP) is 6.22. The van der Waals surface area contributed by atoms with E-state index in [2.05, 4.69) is 38.7 Å². The first-order chi connectivity index (χ1) is 15.3. The number of rotatable bonds is 5. The van der Waals surface area contributed by atoms with Crippen molar-refractivity contribution in [3.05, 3.63) is 78.0 Å². The molecular formula is C24H22N4O3S. The summed E-state index contributed by atoms with van der Waals surface area (Å²) in [5, 5.41) is 12.6. The minimum Gasteiger partial charge on any atom is -0.386 e. The van der Waals surface area contributed by atoms with Gasteiger partial charge in [0.05, 0.1) is 17.6 Å². The molecule has 0 amide bonds. The Balaban J connectivity index is 1.75. The van der Waals surface area contributed by atoms with Crippen LogP contribution < -0.4 is 5.32 Å². The van der Waals surface area contributed by atoms with Gasteiger partial charge in [-0.05, 0) is 43.7 Å². The Morgan fingerprint density at radius 2 is 1.69 bits per heavy atom. The zero-order valence-electron chi connectivity index (χ0n) is 17.9. The Bertz CT molecular complexity index is 1450. The summed E-state index contributed by atoms with van der Waals surface area (Å²) in [6.07, 6.45) is 1.62. The standard InChI is InChI=1S/C24H22N4O3S/c1-15-8-9-16(2)20(12-15)21-11-10-17(14-26-21)27-28-22-13-23(32(29,30)31)18-6-4-5-7-19(18)24(22)25-3/h4-14,25H,1-3H3,(H,29,30,31)/b28-27+. The summed E-state index contributed by atoms with van der Waals surface area (Å²) in [6, 6.07) is 18.1. The SMILES string of the molecule is CNc1c(/N=N/c2ccc(-c3cc(C)ccc3C)nc2)cc(S(=O)(=O)O)c2ccccc12. The molecule has 0 aliphatic rings. The highest BCUT2D eigenvalue weighted by atomic mass is 32.2. The Morgan fingerprint density at radius 3 is 2.34 bits per heavy atom. The molecule has 4 aromatic rings. The van der Waals surface area contributed by atoms with Crippen molar-refractivity contribution in [3.8, 4) is 11.3 Å². The number of aryl methyl sites for hydroxylation is 2. The van der Waals surface area contributed by atoms with Gasteiger partial charge in [-0.2, -0.15) is 8.42 Å². The molecule has 0 atom stereocenters. The van der Waals surface area contributed by atoms with Crippen LogP contribution in [-0.4, -0.2) is 25.0 Å². The molecular weight excluding hydrogens is 424 g/mol. The van der Waals surface area contributed by atoms with Crippen LogP contribution in [0, 0.1) is 13.8 Å². The third-order valence-corrected chi connectivity index (χ3v) is 6.10. The van der Waals surface area contributed by atoms with E-state index in [-0.39, 0.29) is 10.6 Å². The van der Waals surface area contributed by atoms with Crippen LogP contribution in [0.25, 0.3) is 22.0 Å². The number of azo groups is 1. The molecule has 8 heteroatoms. The van der Waals surface area contributed by atoms with Gasteiger partial charge in [0, 0.05) is 23.4 Å². The molecule has 0 radical (unpaired) electrons. The van der Waals surface area contributed by atoms with Crippen molar-refractivity contribution in [1.29, 1.82) is 0 Å². The lowest BCUT2D eigenvalue weighted by atomic mass is 10.0. The van der Waals surface area contributed by atoms with Crippen molar-refractivity contribution >= 4 is 38.0 Å². The van der Waals surface area contributed by atoms with E-state index in [0.717, 1.165) is 22.4 Å². The second-order valence-electron chi connectivity index (χ2n) is 7.46. The molecule has 0 aliphatic carbocycles. The fourth-order valence-electron chi connectivity index (χ4n) is 3.61. The van der Waals surface area contributed by atoms with Crippen molar-refractivity contribution in [2.24, 2.45) is 10.2 Å². The van der Waals surface area contributed by atoms with Crippen LogP contribution in [0.1, 0.15) is 11.1 Å². The van der Waals surface area contributed by atoms with Crippen molar-refractivity contribution < 1.29 is 13.0 Å². The van der Waals surface area contributed by atoms with Crippen LogP contribution in [0.5, 0.6) is 0 Å². The second-order valence-corrected chi connectivity index (χ2v) is 8.85. The minimum atomic E-state index is -4.45. The Morgan fingerprint density at radius 1 is 0.938 bits per heavy atom. The van der Waals surface area contributed by atoms with E-state index >= 15 is 0 Å². The molecule has 0 spiro atoms. The average molecular weight is 447 g/mol. The first-order valence-electron chi connectivity index (χ1n) is 9.94. The van der Waals surface area contributed by atoms with Crippen molar-refractivity contribution in [2.75, 3.05) is 12.4 Å². The molecule has 0 saturated heterocycles. The van der Waals surface area contributed by atoms with E-state index in [1.807, 2.05) is 19.9 Å². The van der Waals surface area contributed by atoms with Gasteiger partial charge in [0.2, 0.25) is 0 Å². The van der Waals surface area contributed by atoms with Gasteiger partial charge in [-0.1, -0.05) is 42.0 Å². The fraction of sp³-hybridized carbons (Fsp3) is 0.125. The maximum Gasteiger partial charge on any atom is 0.295 e. The molecule has 1 aromatic heterocycles. The number of pyridine rings is 1. The van der Waals surface area contributed by atoms with Gasteiger partial charge < -0.3 is 5.32 Å². The lowest BCUT2D eigenvalue weighted by Crippen LogP contribution is -2.01. The molecule has 2 N–H and O–H groups in total. The first-order valence-corrected chi connectivity index (χ1v) is 11.4. The number of benzene rings is 3. The third-order valence-electron chi connectivity index (χ3n) is 5.20. The number of hydrogen-bond acceptors (Lipinski definition) is 6. The lowest BCUT2D eigenvalue weighted by molar-refractivity contribution is 0.484. The quantitative estimate of drug-likeness (QED) is 0.280. The molecule has 0 fully saturated rings. The second kappa shape index (κ2) is 8.49. The summed E-state index contributed by atoms with van der Waals surface area (Å²) in [5.41, 5.74) is 5.59. The lowest BCUT2D eigenvalue weighted by Gasteiger charge is -2.12. The molecule has 3 aromatic carbocycles. The molecule has 0 saturated carbocycles. The van der Waals surface area contributed by atoms with Crippen LogP contribution in [0.4, 0.5) is 17.1 Å². The molecule has 7 nitrogen and oxygen atoms in total. The maximum atomic E-state index is 11.9. The van der Waals surface area contributed by atoms with Crippen LogP contribution >= 0.6 is 0 Å². The maximum absolute atomic E-state index is 11.9. The van der Waals surface area contributed by atoms with Crippen molar-refractivity contribution in [1.82, 2.24) is 4.98 Å².